The summed E-state index contributed by atoms with van der Waals surface area (Å²) in [5.74, 6) is 0.987. The summed E-state index contributed by atoms with van der Waals surface area (Å²) in [4.78, 5) is 27.9. The van der Waals surface area contributed by atoms with E-state index in [4.69, 9.17) is 5.26 Å². The second kappa shape index (κ2) is 7.18. The number of carbonyl (C=O) groups excluding carboxylic acids is 1. The van der Waals surface area contributed by atoms with E-state index < -0.39 is 11.0 Å². The molecule has 5 rings (SSSR count). The minimum atomic E-state index is -0.457. The summed E-state index contributed by atoms with van der Waals surface area (Å²) in [7, 11) is 0. The van der Waals surface area contributed by atoms with Crippen molar-refractivity contribution in [2.24, 2.45) is 0 Å². The molecule has 9 nitrogen and oxygen atoms in total. The monoisotopic (exact) mass is 412 g/mol. The number of nitro benzene ring substituents is 1. The molecule has 0 fully saturated rings. The Hall–Kier alpha value is -4.32. The second-order valence-electron chi connectivity index (χ2n) is 7.44. The molecule has 1 aromatic heterocycles. The third kappa shape index (κ3) is 3.14. The van der Waals surface area contributed by atoms with Gasteiger partial charge in [-0.1, -0.05) is 12.1 Å². The van der Waals surface area contributed by atoms with Crippen molar-refractivity contribution < 1.29 is 9.72 Å². The predicted octanol–water partition coefficient (Wildman–Crippen LogP) is 3.75. The van der Waals surface area contributed by atoms with Gasteiger partial charge in [-0.05, 0) is 42.7 Å². The lowest BCUT2D eigenvalue weighted by Crippen LogP contribution is -2.31. The number of nitrogens with one attached hydrogen (secondary N) is 1. The Bertz CT molecular complexity index is 1280. The first-order valence-electron chi connectivity index (χ1n) is 9.80. The zero-order valence-electron chi connectivity index (χ0n) is 16.3. The van der Waals surface area contributed by atoms with Gasteiger partial charge in [-0.2, -0.15) is 10.2 Å². The first-order chi connectivity index (χ1) is 15.0. The molecule has 31 heavy (non-hydrogen) atoms. The van der Waals surface area contributed by atoms with Crippen molar-refractivity contribution in [2.75, 3.05) is 5.32 Å². The van der Waals surface area contributed by atoms with Gasteiger partial charge in [0.1, 0.15) is 6.04 Å². The number of ketones is 1. The fourth-order valence-electron chi connectivity index (χ4n) is 4.06. The van der Waals surface area contributed by atoms with Crippen LogP contribution in [0.25, 0.3) is 11.4 Å². The molecule has 1 aliphatic carbocycles. The van der Waals surface area contributed by atoms with Crippen molar-refractivity contribution in [2.45, 2.75) is 25.3 Å². The van der Waals surface area contributed by atoms with E-state index in [0.717, 1.165) is 24.1 Å². The fourth-order valence-corrected chi connectivity index (χ4v) is 4.06. The molecule has 1 unspecified atom stereocenters. The normalized spacial score (nSPS) is 17.4. The minimum absolute atomic E-state index is 0.0102. The van der Waals surface area contributed by atoms with Crippen LogP contribution in [-0.4, -0.2) is 25.5 Å². The largest absolute Gasteiger partial charge is 0.328 e. The van der Waals surface area contributed by atoms with Crippen molar-refractivity contribution in [1.82, 2.24) is 14.8 Å². The summed E-state index contributed by atoms with van der Waals surface area (Å²) < 4.78 is 1.68. The smallest absolute Gasteiger partial charge is 0.269 e. The zero-order valence-corrected chi connectivity index (χ0v) is 16.3. The third-order valence-corrected chi connectivity index (χ3v) is 5.56. The molecule has 9 heteroatoms. The summed E-state index contributed by atoms with van der Waals surface area (Å²) >= 11 is 0. The van der Waals surface area contributed by atoms with Gasteiger partial charge in [0, 0.05) is 35.4 Å². The molecule has 152 valence electrons. The number of benzene rings is 2. The molecule has 0 amide bonds. The molecule has 2 aliphatic rings. The van der Waals surface area contributed by atoms with Crippen LogP contribution in [0.4, 0.5) is 11.6 Å². The number of Topliss-reactive ketones (excluding diaryl/α,β-unsaturated/α-hetero) is 1. The van der Waals surface area contributed by atoms with E-state index in [2.05, 4.69) is 21.5 Å². The highest BCUT2D eigenvalue weighted by molar-refractivity contribution is 5.99. The summed E-state index contributed by atoms with van der Waals surface area (Å²) in [5, 5.41) is 27.9. The van der Waals surface area contributed by atoms with Crippen molar-refractivity contribution in [3.63, 3.8) is 0 Å². The molecule has 0 radical (unpaired) electrons. The van der Waals surface area contributed by atoms with Gasteiger partial charge in [0.25, 0.3) is 5.69 Å². The number of nitrogens with zero attached hydrogens (tertiary/aromatic N) is 5. The van der Waals surface area contributed by atoms with Crippen LogP contribution in [0.15, 0.2) is 59.8 Å². The number of allylic oxidation sites excluding steroid dienone is 2. The van der Waals surface area contributed by atoms with Crippen LogP contribution in [0.3, 0.4) is 0 Å². The number of rotatable bonds is 3. The van der Waals surface area contributed by atoms with E-state index >= 15 is 0 Å². The van der Waals surface area contributed by atoms with Gasteiger partial charge >= 0.3 is 0 Å². The Labute approximate surface area is 176 Å². The summed E-state index contributed by atoms with van der Waals surface area (Å²) in [6.07, 6.45) is 1.99. The Morgan fingerprint density at radius 1 is 1.13 bits per heavy atom. The average Bonchev–Trinajstić information content (AvgIpc) is 3.22. The van der Waals surface area contributed by atoms with Gasteiger partial charge in [-0.15, -0.1) is 5.10 Å². The van der Waals surface area contributed by atoms with Crippen LogP contribution in [0.1, 0.15) is 36.4 Å². The highest BCUT2D eigenvalue weighted by Crippen LogP contribution is 2.40. The molecule has 0 saturated carbocycles. The lowest BCUT2D eigenvalue weighted by atomic mass is 9.85. The fraction of sp³-hybridized carbons (Fsp3) is 0.182. The Morgan fingerprint density at radius 2 is 1.87 bits per heavy atom. The molecule has 1 atom stereocenters. The average molecular weight is 412 g/mol. The number of aromatic nitrogens is 3. The number of carbonyl (C=O) groups is 1. The van der Waals surface area contributed by atoms with E-state index in [0.29, 0.717) is 34.9 Å². The van der Waals surface area contributed by atoms with Crippen LogP contribution < -0.4 is 5.32 Å². The molecule has 3 aromatic rings. The number of hydrogen-bond donors (Lipinski definition) is 1. The van der Waals surface area contributed by atoms with Gasteiger partial charge in [0.2, 0.25) is 5.95 Å². The van der Waals surface area contributed by atoms with Crippen molar-refractivity contribution in [3.8, 4) is 17.5 Å². The standard InChI is InChI=1S/C22H16N6O3/c23-12-13-4-6-14(7-5-13)20-19-17(2-1-3-18(19)29)24-22-25-21(26-27(20)22)15-8-10-16(11-9-15)28(30)31/h4-11,20H,1-3H2,(H,24,25,26). The van der Waals surface area contributed by atoms with Crippen LogP contribution in [0.5, 0.6) is 0 Å². The number of fused-ring (bicyclic) bond motifs is 1. The quantitative estimate of drug-likeness (QED) is 0.513. The SMILES string of the molecule is N#Cc1ccc(C2C3=C(CCCC3=O)Nc3nc(-c4ccc([N+](=O)[O-])cc4)nn32)cc1. The molecular weight excluding hydrogens is 396 g/mol. The number of nitro groups is 1. The predicted molar refractivity (Wildman–Crippen MR) is 111 cm³/mol. The maximum absolute atomic E-state index is 12.8. The van der Waals surface area contributed by atoms with Gasteiger partial charge in [-0.25, -0.2) is 4.68 Å². The molecule has 2 aromatic carbocycles. The lowest BCUT2D eigenvalue weighted by molar-refractivity contribution is -0.384. The number of non-ortho nitro benzene ring substituents is 1. The highest BCUT2D eigenvalue weighted by Gasteiger charge is 2.36. The second-order valence-corrected chi connectivity index (χ2v) is 7.44. The van der Waals surface area contributed by atoms with Crippen LogP contribution in [0.2, 0.25) is 0 Å². The van der Waals surface area contributed by atoms with E-state index in [-0.39, 0.29) is 11.5 Å². The van der Waals surface area contributed by atoms with Crippen molar-refractivity contribution in [3.05, 3.63) is 81.0 Å². The van der Waals surface area contributed by atoms with Gasteiger partial charge in [0.05, 0.1) is 16.6 Å². The first-order valence-corrected chi connectivity index (χ1v) is 9.80. The van der Waals surface area contributed by atoms with Gasteiger partial charge in [0.15, 0.2) is 11.6 Å². The molecule has 0 saturated heterocycles. The van der Waals surface area contributed by atoms with E-state index in [1.54, 1.807) is 28.9 Å². The Balaban J connectivity index is 1.62. The molecule has 1 aliphatic heterocycles. The lowest BCUT2D eigenvalue weighted by Gasteiger charge is -2.32. The van der Waals surface area contributed by atoms with E-state index in [1.165, 1.54) is 12.1 Å². The van der Waals surface area contributed by atoms with Gasteiger partial charge < -0.3 is 5.32 Å². The summed E-state index contributed by atoms with van der Waals surface area (Å²) in [6, 6.07) is 14.8. The highest BCUT2D eigenvalue weighted by atomic mass is 16.6. The topological polar surface area (TPSA) is 127 Å². The Morgan fingerprint density at radius 3 is 2.55 bits per heavy atom. The number of nitriles is 1. The van der Waals surface area contributed by atoms with Gasteiger partial charge in [-0.3, -0.25) is 14.9 Å². The molecule has 1 N–H and O–H groups in total. The van der Waals surface area contributed by atoms with E-state index in [1.807, 2.05) is 12.1 Å². The third-order valence-electron chi connectivity index (χ3n) is 5.56. The maximum Gasteiger partial charge on any atom is 0.269 e. The molecular formula is C22H16N6O3. The van der Waals surface area contributed by atoms with Crippen molar-refractivity contribution in [1.29, 1.82) is 5.26 Å². The van der Waals surface area contributed by atoms with Crippen molar-refractivity contribution >= 4 is 17.4 Å². The number of anilines is 1. The Kier molecular flexibility index (Phi) is 4.33. The van der Waals surface area contributed by atoms with Crippen LogP contribution >= 0.6 is 0 Å². The molecule has 2 heterocycles. The first kappa shape index (κ1) is 18.7. The maximum atomic E-state index is 12.8. The number of hydrogen-bond acceptors (Lipinski definition) is 7. The molecule has 0 spiro atoms. The summed E-state index contributed by atoms with van der Waals surface area (Å²) in [5.41, 5.74) is 3.52. The summed E-state index contributed by atoms with van der Waals surface area (Å²) in [6.45, 7) is 0. The van der Waals surface area contributed by atoms with Crippen LogP contribution in [0, 0.1) is 21.4 Å². The molecule has 0 bridgehead atoms. The van der Waals surface area contributed by atoms with Crippen LogP contribution in [-0.2, 0) is 4.79 Å². The van der Waals surface area contributed by atoms with E-state index in [9.17, 15) is 14.9 Å². The zero-order chi connectivity index (χ0) is 21.5. The minimum Gasteiger partial charge on any atom is -0.328 e.